The van der Waals surface area contributed by atoms with Crippen molar-refractivity contribution in [1.82, 2.24) is 24.8 Å². The first-order chi connectivity index (χ1) is 8.25. The van der Waals surface area contributed by atoms with Gasteiger partial charge in [0.05, 0.1) is 36.0 Å². The molecule has 3 rings (SSSR count). The van der Waals surface area contributed by atoms with E-state index in [9.17, 15) is 4.79 Å². The first-order valence-electron chi connectivity index (χ1n) is 4.81. The molecule has 0 aliphatic rings. The van der Waals surface area contributed by atoms with E-state index in [2.05, 4.69) is 20.3 Å². The molecule has 17 heavy (non-hydrogen) atoms. The van der Waals surface area contributed by atoms with E-state index >= 15 is 0 Å². The molecule has 0 amide bonds. The maximum Gasteiger partial charge on any atom is 0.339 e. The van der Waals surface area contributed by atoms with Crippen LogP contribution in [-0.2, 0) is 0 Å². The summed E-state index contributed by atoms with van der Waals surface area (Å²) in [5.41, 5.74) is 2.09. The van der Waals surface area contributed by atoms with Crippen LogP contribution in [0.2, 0.25) is 0 Å². The zero-order chi connectivity index (χ0) is 11.8. The maximum absolute atomic E-state index is 10.9. The zero-order valence-electron chi connectivity index (χ0n) is 8.53. The largest absolute Gasteiger partial charge is 0.478 e. The quantitative estimate of drug-likeness (QED) is 0.678. The number of carboxylic acids is 1. The van der Waals surface area contributed by atoms with E-state index in [0.717, 1.165) is 5.56 Å². The van der Waals surface area contributed by atoms with Crippen LogP contribution < -0.4 is 0 Å². The van der Waals surface area contributed by atoms with Gasteiger partial charge in [0.15, 0.2) is 0 Å². The molecule has 0 unspecified atom stereocenters. The molecule has 0 bridgehead atoms. The Morgan fingerprint density at radius 2 is 2.24 bits per heavy atom. The lowest BCUT2D eigenvalue weighted by Crippen LogP contribution is -1.96. The number of hydrogen-bond acceptors (Lipinski definition) is 4. The molecule has 0 fully saturated rings. The van der Waals surface area contributed by atoms with Gasteiger partial charge in [-0.05, 0) is 0 Å². The van der Waals surface area contributed by atoms with Gasteiger partial charge in [-0.15, -0.1) is 0 Å². The monoisotopic (exact) mass is 229 g/mol. The van der Waals surface area contributed by atoms with Crippen LogP contribution in [-0.4, -0.2) is 35.9 Å². The number of fused-ring (bicyclic) bond motifs is 1. The summed E-state index contributed by atoms with van der Waals surface area (Å²) in [6, 6.07) is 0. The highest BCUT2D eigenvalue weighted by atomic mass is 16.4. The predicted octanol–water partition coefficient (Wildman–Crippen LogP) is 0.818. The lowest BCUT2D eigenvalue weighted by atomic mass is 10.2. The van der Waals surface area contributed by atoms with Crippen LogP contribution in [0.4, 0.5) is 0 Å². The Morgan fingerprint density at radius 3 is 2.94 bits per heavy atom. The number of aromatic carboxylic acids is 1. The highest BCUT2D eigenvalue weighted by Gasteiger charge is 2.12. The molecular weight excluding hydrogens is 222 g/mol. The van der Waals surface area contributed by atoms with Crippen molar-refractivity contribution >= 4 is 11.5 Å². The second-order valence-electron chi connectivity index (χ2n) is 3.45. The van der Waals surface area contributed by atoms with E-state index in [1.165, 1.54) is 16.9 Å². The van der Waals surface area contributed by atoms with Crippen LogP contribution in [0.25, 0.3) is 16.8 Å². The van der Waals surface area contributed by atoms with Crippen LogP contribution in [0.15, 0.2) is 31.0 Å². The smallest absolute Gasteiger partial charge is 0.339 e. The molecule has 3 aromatic rings. The first kappa shape index (κ1) is 9.52. The van der Waals surface area contributed by atoms with Crippen LogP contribution in [0.1, 0.15) is 10.4 Å². The Bertz CT molecular complexity index is 686. The molecule has 7 nitrogen and oxygen atoms in total. The minimum absolute atomic E-state index is 0.135. The Balaban J connectivity index is 2.18. The Labute approximate surface area is 94.7 Å². The summed E-state index contributed by atoms with van der Waals surface area (Å²) < 4.78 is 1.48. The molecule has 84 valence electrons. The SMILES string of the molecule is O=C(O)c1cnn2cc(-c3cn[nH]c3)ncc12. The number of nitrogens with one attached hydrogen (secondary N) is 1. The molecule has 0 aliphatic carbocycles. The molecule has 3 aromatic heterocycles. The fourth-order valence-corrected chi connectivity index (χ4v) is 1.59. The van der Waals surface area contributed by atoms with E-state index in [1.807, 2.05) is 0 Å². The van der Waals surface area contributed by atoms with E-state index < -0.39 is 5.97 Å². The maximum atomic E-state index is 10.9. The summed E-state index contributed by atoms with van der Waals surface area (Å²) in [4.78, 5) is 15.1. The third kappa shape index (κ3) is 1.44. The van der Waals surface area contributed by atoms with Gasteiger partial charge < -0.3 is 5.11 Å². The van der Waals surface area contributed by atoms with E-state index in [1.54, 1.807) is 18.6 Å². The molecule has 3 heterocycles. The highest BCUT2D eigenvalue weighted by Crippen LogP contribution is 2.16. The summed E-state index contributed by atoms with van der Waals surface area (Å²) in [6.07, 6.45) is 7.79. The molecule has 0 aliphatic heterocycles. The van der Waals surface area contributed by atoms with Gasteiger partial charge in [-0.25, -0.2) is 9.31 Å². The van der Waals surface area contributed by atoms with Crippen LogP contribution >= 0.6 is 0 Å². The molecule has 2 N–H and O–H groups in total. The summed E-state index contributed by atoms with van der Waals surface area (Å²) in [5, 5.41) is 19.4. The standard InChI is InChI=1S/C10H7N5O2/c16-10(17)7-3-14-15-5-8(11-4-9(7)15)6-1-12-13-2-6/h1-5H,(H,12,13)(H,16,17). The van der Waals surface area contributed by atoms with Crippen LogP contribution in [0.3, 0.4) is 0 Å². The van der Waals surface area contributed by atoms with Crippen LogP contribution in [0.5, 0.6) is 0 Å². The van der Waals surface area contributed by atoms with Crippen molar-refractivity contribution in [3.8, 4) is 11.3 Å². The zero-order valence-corrected chi connectivity index (χ0v) is 8.53. The summed E-state index contributed by atoms with van der Waals surface area (Å²) >= 11 is 0. The van der Waals surface area contributed by atoms with Gasteiger partial charge in [0.1, 0.15) is 5.56 Å². The Morgan fingerprint density at radius 1 is 1.35 bits per heavy atom. The molecule has 7 heteroatoms. The highest BCUT2D eigenvalue weighted by molar-refractivity contribution is 5.95. The van der Waals surface area contributed by atoms with Crippen molar-refractivity contribution in [2.24, 2.45) is 0 Å². The van der Waals surface area contributed by atoms with Gasteiger partial charge in [0.25, 0.3) is 0 Å². The molecule has 0 spiro atoms. The average Bonchev–Trinajstić information content (AvgIpc) is 2.97. The number of H-pyrrole nitrogens is 1. The van der Waals surface area contributed by atoms with Crippen molar-refractivity contribution in [2.45, 2.75) is 0 Å². The van der Waals surface area contributed by atoms with Gasteiger partial charge in [0, 0.05) is 11.8 Å². The second-order valence-corrected chi connectivity index (χ2v) is 3.45. The number of carboxylic acid groups (broad SMARTS) is 1. The molecule has 0 radical (unpaired) electrons. The van der Waals surface area contributed by atoms with E-state index in [0.29, 0.717) is 11.2 Å². The third-order valence-corrected chi connectivity index (χ3v) is 2.43. The number of rotatable bonds is 2. The summed E-state index contributed by atoms with van der Waals surface area (Å²) in [5.74, 6) is -1.02. The lowest BCUT2D eigenvalue weighted by Gasteiger charge is -1.98. The Hall–Kier alpha value is -2.70. The fourth-order valence-electron chi connectivity index (χ4n) is 1.59. The fraction of sp³-hybridized carbons (Fsp3) is 0. The van der Waals surface area contributed by atoms with Gasteiger partial charge in [0.2, 0.25) is 0 Å². The minimum atomic E-state index is -1.02. The predicted molar refractivity (Wildman–Crippen MR) is 57.5 cm³/mol. The molecule has 0 saturated heterocycles. The minimum Gasteiger partial charge on any atom is -0.478 e. The molecule has 0 saturated carbocycles. The van der Waals surface area contributed by atoms with Crippen LogP contribution in [0, 0.1) is 0 Å². The van der Waals surface area contributed by atoms with Crippen molar-refractivity contribution in [3.05, 3.63) is 36.5 Å². The van der Waals surface area contributed by atoms with Crippen molar-refractivity contribution in [1.29, 1.82) is 0 Å². The average molecular weight is 229 g/mol. The van der Waals surface area contributed by atoms with Crippen molar-refractivity contribution < 1.29 is 9.90 Å². The number of hydrogen-bond donors (Lipinski definition) is 2. The normalized spacial score (nSPS) is 10.8. The molecular formula is C10H7N5O2. The number of aromatic amines is 1. The van der Waals surface area contributed by atoms with Gasteiger partial charge in [-0.1, -0.05) is 0 Å². The van der Waals surface area contributed by atoms with Crippen molar-refractivity contribution in [3.63, 3.8) is 0 Å². The first-order valence-corrected chi connectivity index (χ1v) is 4.81. The summed E-state index contributed by atoms with van der Waals surface area (Å²) in [7, 11) is 0. The lowest BCUT2D eigenvalue weighted by molar-refractivity contribution is 0.0699. The van der Waals surface area contributed by atoms with Crippen molar-refractivity contribution in [2.75, 3.05) is 0 Å². The number of carbonyl (C=O) groups is 1. The molecule has 0 atom stereocenters. The number of aromatic nitrogens is 5. The third-order valence-electron chi connectivity index (χ3n) is 2.43. The van der Waals surface area contributed by atoms with Gasteiger partial charge in [-0.3, -0.25) is 10.1 Å². The van der Waals surface area contributed by atoms with Gasteiger partial charge >= 0.3 is 5.97 Å². The number of nitrogens with zero attached hydrogens (tertiary/aromatic N) is 4. The van der Waals surface area contributed by atoms with Gasteiger partial charge in [-0.2, -0.15) is 10.2 Å². The Kier molecular flexibility index (Phi) is 1.91. The second kappa shape index (κ2) is 3.41. The van der Waals surface area contributed by atoms with E-state index in [4.69, 9.17) is 5.11 Å². The summed E-state index contributed by atoms with van der Waals surface area (Å²) in [6.45, 7) is 0. The van der Waals surface area contributed by atoms with E-state index in [-0.39, 0.29) is 5.56 Å². The molecule has 0 aromatic carbocycles. The topological polar surface area (TPSA) is 96.2 Å².